The molecule has 3 nitrogen and oxygen atoms in total. The van der Waals surface area contributed by atoms with Gasteiger partial charge in [0.1, 0.15) is 17.3 Å². The number of hydrogen-bond donors (Lipinski definition) is 2. The van der Waals surface area contributed by atoms with Crippen molar-refractivity contribution in [2.75, 3.05) is 12.3 Å². The van der Waals surface area contributed by atoms with Crippen LogP contribution in [-0.4, -0.2) is 11.7 Å². The molecule has 3 aromatic rings. The lowest BCUT2D eigenvalue weighted by molar-refractivity contribution is 0.247. The maximum atomic E-state index is 13.7. The molecule has 3 N–H and O–H groups in total. The number of aryl methyl sites for hydroxylation is 1. The molecule has 4 rings (SSSR count). The third kappa shape index (κ3) is 2.88. The number of aromatic hydroxyl groups is 1. The lowest BCUT2D eigenvalue weighted by atomic mass is 9.75. The van der Waals surface area contributed by atoms with E-state index in [1.807, 2.05) is 42.5 Å². The lowest BCUT2D eigenvalue weighted by Gasteiger charge is -2.34. The summed E-state index contributed by atoms with van der Waals surface area (Å²) in [5.41, 5.74) is 10.3. The molecule has 2 unspecified atom stereocenters. The third-order valence-electron chi connectivity index (χ3n) is 5.06. The first-order chi connectivity index (χ1) is 12.5. The zero-order chi connectivity index (χ0) is 18.3. The van der Waals surface area contributed by atoms with Gasteiger partial charge in [-0.15, -0.1) is 0 Å². The maximum absolute atomic E-state index is 13.7. The van der Waals surface area contributed by atoms with Crippen LogP contribution in [0.2, 0.25) is 0 Å². The summed E-state index contributed by atoms with van der Waals surface area (Å²) in [7, 11) is 0. The van der Waals surface area contributed by atoms with Crippen molar-refractivity contribution in [1.29, 1.82) is 0 Å². The molecule has 0 bridgehead atoms. The van der Waals surface area contributed by atoms with Crippen molar-refractivity contribution in [3.8, 4) is 11.5 Å². The molecule has 132 valence electrons. The Kier molecular flexibility index (Phi) is 4.03. The molecule has 0 fully saturated rings. The van der Waals surface area contributed by atoms with Gasteiger partial charge in [-0.2, -0.15) is 0 Å². The fraction of sp³-hybridized carbons (Fsp3) is 0.182. The molecular formula is C22H20FNO2. The van der Waals surface area contributed by atoms with E-state index in [0.29, 0.717) is 23.6 Å². The van der Waals surface area contributed by atoms with Crippen LogP contribution in [0.3, 0.4) is 0 Å². The fourth-order valence-corrected chi connectivity index (χ4v) is 3.70. The molecule has 1 heterocycles. The van der Waals surface area contributed by atoms with E-state index in [0.717, 1.165) is 16.7 Å². The summed E-state index contributed by atoms with van der Waals surface area (Å²) < 4.78 is 19.7. The Hall–Kier alpha value is -3.01. The summed E-state index contributed by atoms with van der Waals surface area (Å²) in [6.07, 6.45) is 0. The number of anilines is 1. The van der Waals surface area contributed by atoms with Gasteiger partial charge in [0.25, 0.3) is 0 Å². The Morgan fingerprint density at radius 2 is 1.73 bits per heavy atom. The lowest BCUT2D eigenvalue weighted by Crippen LogP contribution is -2.25. The summed E-state index contributed by atoms with van der Waals surface area (Å²) in [6, 6.07) is 18.2. The summed E-state index contributed by atoms with van der Waals surface area (Å²) >= 11 is 0. The van der Waals surface area contributed by atoms with E-state index >= 15 is 0 Å². The summed E-state index contributed by atoms with van der Waals surface area (Å²) in [4.78, 5) is 0. The normalized spacial score (nSPS) is 18.8. The number of ether oxygens (including phenoxy) is 1. The highest BCUT2D eigenvalue weighted by Gasteiger charge is 2.33. The molecule has 26 heavy (non-hydrogen) atoms. The standard InChI is InChI=1S/C22H20FNO2/c1-13-10-15(4-9-20(13)23)19-12-26-21-11-17(25)7-8-18(21)22(19)14-2-5-16(24)6-3-14/h2-11,19,22,25H,12,24H2,1H3. The van der Waals surface area contributed by atoms with E-state index in [2.05, 4.69) is 0 Å². The average Bonchev–Trinajstić information content (AvgIpc) is 2.64. The first-order valence-corrected chi connectivity index (χ1v) is 8.60. The smallest absolute Gasteiger partial charge is 0.126 e. The quantitative estimate of drug-likeness (QED) is 0.658. The van der Waals surface area contributed by atoms with Gasteiger partial charge in [0.2, 0.25) is 0 Å². The van der Waals surface area contributed by atoms with Crippen molar-refractivity contribution >= 4 is 5.69 Å². The maximum Gasteiger partial charge on any atom is 0.126 e. The van der Waals surface area contributed by atoms with Gasteiger partial charge in [-0.1, -0.05) is 30.3 Å². The van der Waals surface area contributed by atoms with Crippen LogP contribution in [0.25, 0.3) is 0 Å². The van der Waals surface area contributed by atoms with E-state index in [-0.39, 0.29) is 23.4 Å². The zero-order valence-corrected chi connectivity index (χ0v) is 14.4. The van der Waals surface area contributed by atoms with Gasteiger partial charge in [0.15, 0.2) is 0 Å². The van der Waals surface area contributed by atoms with E-state index in [1.165, 1.54) is 6.07 Å². The van der Waals surface area contributed by atoms with Crippen molar-refractivity contribution < 1.29 is 14.2 Å². The molecule has 0 radical (unpaired) electrons. The first-order valence-electron chi connectivity index (χ1n) is 8.60. The summed E-state index contributed by atoms with van der Waals surface area (Å²) in [6.45, 7) is 2.23. The van der Waals surface area contributed by atoms with Crippen LogP contribution in [0.1, 0.15) is 34.1 Å². The number of phenolic OH excluding ortho intramolecular Hbond substituents is 1. The number of nitrogens with two attached hydrogens (primary N) is 1. The highest BCUT2D eigenvalue weighted by molar-refractivity contribution is 5.52. The van der Waals surface area contributed by atoms with Crippen molar-refractivity contribution in [3.63, 3.8) is 0 Å². The van der Waals surface area contributed by atoms with Crippen LogP contribution in [-0.2, 0) is 0 Å². The van der Waals surface area contributed by atoms with Gasteiger partial charge in [-0.05, 0) is 47.9 Å². The number of fused-ring (bicyclic) bond motifs is 1. The average molecular weight is 349 g/mol. The van der Waals surface area contributed by atoms with Crippen LogP contribution < -0.4 is 10.5 Å². The number of phenols is 1. The molecule has 2 atom stereocenters. The van der Waals surface area contributed by atoms with E-state index in [9.17, 15) is 9.50 Å². The molecule has 3 aromatic carbocycles. The van der Waals surface area contributed by atoms with Crippen molar-refractivity contribution in [1.82, 2.24) is 0 Å². The highest BCUT2D eigenvalue weighted by atomic mass is 19.1. The minimum Gasteiger partial charge on any atom is -0.508 e. The van der Waals surface area contributed by atoms with Crippen LogP contribution in [0, 0.1) is 12.7 Å². The molecule has 1 aliphatic rings. The fourth-order valence-electron chi connectivity index (χ4n) is 3.70. The monoisotopic (exact) mass is 349 g/mol. The summed E-state index contributed by atoms with van der Waals surface area (Å²) in [5, 5.41) is 9.79. The van der Waals surface area contributed by atoms with E-state index in [1.54, 1.807) is 19.1 Å². The second kappa shape index (κ2) is 6.37. The first kappa shape index (κ1) is 16.5. The van der Waals surface area contributed by atoms with Crippen LogP contribution >= 0.6 is 0 Å². The van der Waals surface area contributed by atoms with Gasteiger partial charge in [-0.3, -0.25) is 0 Å². The van der Waals surface area contributed by atoms with Gasteiger partial charge < -0.3 is 15.6 Å². The van der Waals surface area contributed by atoms with Gasteiger partial charge >= 0.3 is 0 Å². The molecule has 0 aliphatic carbocycles. The molecular weight excluding hydrogens is 329 g/mol. The van der Waals surface area contributed by atoms with Crippen molar-refractivity contribution in [3.05, 3.63) is 88.7 Å². The predicted molar refractivity (Wildman–Crippen MR) is 100 cm³/mol. The Labute approximate surface area is 151 Å². The molecule has 0 saturated carbocycles. The Morgan fingerprint density at radius 3 is 2.46 bits per heavy atom. The van der Waals surface area contributed by atoms with Crippen LogP contribution in [0.4, 0.5) is 10.1 Å². The van der Waals surface area contributed by atoms with E-state index in [4.69, 9.17) is 10.5 Å². The van der Waals surface area contributed by atoms with Crippen molar-refractivity contribution in [2.45, 2.75) is 18.8 Å². The Bertz CT molecular complexity index is 953. The predicted octanol–water partition coefficient (Wildman–Crippen LogP) is 4.73. The molecule has 0 spiro atoms. The van der Waals surface area contributed by atoms with E-state index < -0.39 is 0 Å². The molecule has 0 amide bonds. The number of benzene rings is 3. The third-order valence-corrected chi connectivity index (χ3v) is 5.06. The number of halogens is 1. The molecule has 4 heteroatoms. The van der Waals surface area contributed by atoms with Gasteiger partial charge in [0, 0.05) is 29.2 Å². The van der Waals surface area contributed by atoms with Crippen LogP contribution in [0.5, 0.6) is 11.5 Å². The number of hydrogen-bond acceptors (Lipinski definition) is 3. The number of rotatable bonds is 2. The van der Waals surface area contributed by atoms with Gasteiger partial charge in [-0.25, -0.2) is 4.39 Å². The largest absolute Gasteiger partial charge is 0.508 e. The SMILES string of the molecule is Cc1cc(C2COc3cc(O)ccc3C2c2ccc(N)cc2)ccc1F. The molecule has 0 saturated heterocycles. The number of nitrogen functional groups attached to an aromatic ring is 1. The summed E-state index contributed by atoms with van der Waals surface area (Å²) in [5.74, 6) is 0.720. The molecule has 1 aliphatic heterocycles. The van der Waals surface area contributed by atoms with Crippen molar-refractivity contribution in [2.24, 2.45) is 0 Å². The molecule has 0 aromatic heterocycles. The second-order valence-electron chi connectivity index (χ2n) is 6.79. The zero-order valence-electron chi connectivity index (χ0n) is 14.4. The Balaban J connectivity index is 1.86. The topological polar surface area (TPSA) is 55.5 Å². The second-order valence-corrected chi connectivity index (χ2v) is 6.79. The minimum atomic E-state index is -0.208. The minimum absolute atomic E-state index is 0.0322. The van der Waals surface area contributed by atoms with Crippen LogP contribution in [0.15, 0.2) is 60.7 Å². The van der Waals surface area contributed by atoms with Gasteiger partial charge in [0.05, 0.1) is 6.61 Å². The highest BCUT2D eigenvalue weighted by Crippen LogP contribution is 2.47. The Morgan fingerprint density at radius 1 is 1.00 bits per heavy atom.